The van der Waals surface area contributed by atoms with Crippen LogP contribution in [0.15, 0.2) is 5.38 Å². The lowest BCUT2D eigenvalue weighted by molar-refractivity contribution is -0.136. The first-order chi connectivity index (χ1) is 8.59. The Bertz CT molecular complexity index is 424. The lowest BCUT2D eigenvalue weighted by atomic mass is 10.1. The number of hydrogen-bond acceptors (Lipinski definition) is 4. The van der Waals surface area contributed by atoms with E-state index in [4.69, 9.17) is 9.84 Å². The van der Waals surface area contributed by atoms with Crippen LogP contribution in [0.5, 0.6) is 0 Å². The predicted molar refractivity (Wildman–Crippen MR) is 71.2 cm³/mol. The quantitative estimate of drug-likeness (QED) is 0.909. The third kappa shape index (κ3) is 2.91. The molecule has 1 aliphatic rings. The van der Waals surface area contributed by atoms with Gasteiger partial charge in [0.25, 0.3) is 0 Å². The third-order valence-corrected chi connectivity index (χ3v) is 4.80. The van der Waals surface area contributed by atoms with Crippen LogP contribution >= 0.6 is 11.3 Å². The maximum atomic E-state index is 10.8. The highest BCUT2D eigenvalue weighted by Crippen LogP contribution is 2.32. The van der Waals surface area contributed by atoms with Crippen LogP contribution in [0, 0.1) is 6.92 Å². The second kappa shape index (κ2) is 5.82. The molecule has 0 aromatic carbocycles. The van der Waals surface area contributed by atoms with Crippen LogP contribution in [0.1, 0.15) is 29.0 Å². The summed E-state index contributed by atoms with van der Waals surface area (Å²) in [5, 5.41) is 10.8. The van der Waals surface area contributed by atoms with Gasteiger partial charge >= 0.3 is 5.97 Å². The van der Waals surface area contributed by atoms with Gasteiger partial charge in [0.2, 0.25) is 0 Å². The molecular weight excluding hydrogens is 250 g/mol. The minimum atomic E-state index is -0.763. The van der Waals surface area contributed by atoms with E-state index in [9.17, 15) is 4.79 Å². The monoisotopic (exact) mass is 269 g/mol. The maximum absolute atomic E-state index is 10.8. The van der Waals surface area contributed by atoms with Gasteiger partial charge in [0, 0.05) is 24.0 Å². The molecule has 1 saturated heterocycles. The van der Waals surface area contributed by atoms with E-state index in [1.165, 1.54) is 4.88 Å². The molecule has 18 heavy (non-hydrogen) atoms. The van der Waals surface area contributed by atoms with E-state index in [2.05, 4.69) is 11.8 Å². The van der Waals surface area contributed by atoms with Crippen LogP contribution < -0.4 is 0 Å². The Labute approximate surface area is 111 Å². The van der Waals surface area contributed by atoms with Crippen LogP contribution in [0.2, 0.25) is 0 Å². The topological polar surface area (TPSA) is 49.8 Å². The molecule has 0 bridgehead atoms. The smallest absolute Gasteiger partial charge is 0.307 e. The zero-order chi connectivity index (χ0) is 13.1. The highest BCUT2D eigenvalue weighted by molar-refractivity contribution is 7.10. The van der Waals surface area contributed by atoms with E-state index < -0.39 is 5.97 Å². The molecule has 1 aliphatic heterocycles. The Balaban J connectivity index is 2.12. The van der Waals surface area contributed by atoms with Gasteiger partial charge in [-0.2, -0.15) is 0 Å². The van der Waals surface area contributed by atoms with Crippen LogP contribution in [0.25, 0.3) is 0 Å². The van der Waals surface area contributed by atoms with E-state index in [-0.39, 0.29) is 6.42 Å². The van der Waals surface area contributed by atoms with Gasteiger partial charge < -0.3 is 9.84 Å². The van der Waals surface area contributed by atoms with Gasteiger partial charge in [-0.15, -0.1) is 11.3 Å². The van der Waals surface area contributed by atoms with Crippen LogP contribution in [-0.4, -0.2) is 42.3 Å². The molecule has 0 saturated carbocycles. The fourth-order valence-electron chi connectivity index (χ4n) is 2.35. The zero-order valence-corrected chi connectivity index (χ0v) is 11.6. The van der Waals surface area contributed by atoms with Crippen molar-refractivity contribution in [2.45, 2.75) is 26.3 Å². The molecular formula is C13H19NO3S. The Morgan fingerprint density at radius 1 is 1.56 bits per heavy atom. The first-order valence-electron chi connectivity index (χ1n) is 6.20. The van der Waals surface area contributed by atoms with Gasteiger partial charge in [0.15, 0.2) is 0 Å². The summed E-state index contributed by atoms with van der Waals surface area (Å²) in [6, 6.07) is 0.349. The molecule has 0 radical (unpaired) electrons. The van der Waals surface area contributed by atoms with Crippen molar-refractivity contribution in [2.24, 2.45) is 0 Å². The summed E-state index contributed by atoms with van der Waals surface area (Å²) < 4.78 is 5.36. The summed E-state index contributed by atoms with van der Waals surface area (Å²) >= 11 is 1.67. The summed E-state index contributed by atoms with van der Waals surface area (Å²) in [5.74, 6) is -0.763. The zero-order valence-electron chi connectivity index (χ0n) is 10.8. The van der Waals surface area contributed by atoms with Crippen LogP contribution in [0.4, 0.5) is 0 Å². The number of ether oxygens (including phenoxy) is 1. The van der Waals surface area contributed by atoms with E-state index in [1.807, 2.05) is 12.3 Å². The molecule has 1 atom stereocenters. The molecule has 5 heteroatoms. The summed E-state index contributed by atoms with van der Waals surface area (Å²) in [4.78, 5) is 14.5. The number of nitrogens with zero attached hydrogens (tertiary/aromatic N) is 1. The third-order valence-electron chi connectivity index (χ3n) is 3.49. The molecule has 4 nitrogen and oxygen atoms in total. The number of hydrogen-bond donors (Lipinski definition) is 1. The molecule has 1 aromatic heterocycles. The van der Waals surface area contributed by atoms with Gasteiger partial charge in [-0.25, -0.2) is 0 Å². The number of carbonyl (C=O) groups is 1. The van der Waals surface area contributed by atoms with E-state index in [0.29, 0.717) is 6.04 Å². The lowest BCUT2D eigenvalue weighted by Crippen LogP contribution is -2.37. The highest BCUT2D eigenvalue weighted by atomic mass is 32.1. The van der Waals surface area contributed by atoms with E-state index in [1.54, 1.807) is 11.3 Å². The number of morpholine rings is 1. The largest absolute Gasteiger partial charge is 0.481 e. The summed E-state index contributed by atoms with van der Waals surface area (Å²) in [7, 11) is 0. The summed E-state index contributed by atoms with van der Waals surface area (Å²) in [5.41, 5.74) is 2.09. The van der Waals surface area contributed by atoms with Gasteiger partial charge in [0.05, 0.1) is 19.6 Å². The number of carboxylic acids is 1. The molecule has 1 aromatic rings. The molecule has 0 amide bonds. The standard InChI is InChI=1S/C13H19NO3S/c1-9-11(7-12(15)16)8-18-13(9)10(2)14-3-5-17-6-4-14/h8,10H,3-7H2,1-2H3,(H,15,16). The van der Waals surface area contributed by atoms with Crippen molar-refractivity contribution in [3.8, 4) is 0 Å². The maximum Gasteiger partial charge on any atom is 0.307 e. The minimum absolute atomic E-state index is 0.123. The molecule has 0 aliphatic carbocycles. The Hall–Kier alpha value is -0.910. The molecule has 1 fully saturated rings. The van der Waals surface area contributed by atoms with Gasteiger partial charge in [0.1, 0.15) is 0 Å². The van der Waals surface area contributed by atoms with Crippen molar-refractivity contribution in [1.82, 2.24) is 4.90 Å². The molecule has 2 rings (SSSR count). The first kappa shape index (κ1) is 13.5. The van der Waals surface area contributed by atoms with Crippen molar-refractivity contribution < 1.29 is 14.6 Å². The average molecular weight is 269 g/mol. The van der Waals surface area contributed by atoms with E-state index in [0.717, 1.165) is 37.4 Å². The second-order valence-electron chi connectivity index (χ2n) is 4.65. The van der Waals surface area contributed by atoms with Gasteiger partial charge in [-0.1, -0.05) is 0 Å². The Morgan fingerprint density at radius 2 is 2.22 bits per heavy atom. The number of aliphatic carboxylic acids is 1. The number of carboxylic acid groups (broad SMARTS) is 1. The molecule has 1 unspecified atom stereocenters. The molecule has 2 heterocycles. The van der Waals surface area contributed by atoms with Gasteiger partial charge in [-0.3, -0.25) is 9.69 Å². The van der Waals surface area contributed by atoms with Crippen molar-refractivity contribution >= 4 is 17.3 Å². The first-order valence-corrected chi connectivity index (χ1v) is 7.08. The fraction of sp³-hybridized carbons (Fsp3) is 0.615. The SMILES string of the molecule is Cc1c(CC(=O)O)csc1C(C)N1CCOCC1. The summed E-state index contributed by atoms with van der Waals surface area (Å²) in [6.45, 7) is 7.70. The van der Waals surface area contributed by atoms with Crippen LogP contribution in [-0.2, 0) is 16.0 Å². The van der Waals surface area contributed by atoms with Crippen LogP contribution in [0.3, 0.4) is 0 Å². The number of thiophene rings is 1. The predicted octanol–water partition coefficient (Wildman–Crippen LogP) is 2.08. The summed E-state index contributed by atoms with van der Waals surface area (Å²) in [6.07, 6.45) is 0.123. The second-order valence-corrected chi connectivity index (χ2v) is 5.56. The Morgan fingerprint density at radius 3 is 2.83 bits per heavy atom. The van der Waals surface area contributed by atoms with Gasteiger partial charge in [-0.05, 0) is 30.4 Å². The molecule has 100 valence electrons. The van der Waals surface area contributed by atoms with Crippen molar-refractivity contribution in [2.75, 3.05) is 26.3 Å². The highest BCUT2D eigenvalue weighted by Gasteiger charge is 2.22. The van der Waals surface area contributed by atoms with Crippen molar-refractivity contribution in [3.63, 3.8) is 0 Å². The fourth-order valence-corrected chi connectivity index (χ4v) is 3.53. The van der Waals surface area contributed by atoms with Crippen molar-refractivity contribution in [1.29, 1.82) is 0 Å². The Kier molecular flexibility index (Phi) is 4.37. The average Bonchev–Trinajstić information content (AvgIpc) is 2.71. The molecule has 1 N–H and O–H groups in total. The minimum Gasteiger partial charge on any atom is -0.481 e. The number of rotatable bonds is 4. The van der Waals surface area contributed by atoms with E-state index >= 15 is 0 Å². The molecule has 0 spiro atoms. The van der Waals surface area contributed by atoms with Crippen molar-refractivity contribution in [3.05, 3.63) is 21.4 Å². The normalized spacial score (nSPS) is 18.8. The lowest BCUT2D eigenvalue weighted by Gasteiger charge is -2.32.